The van der Waals surface area contributed by atoms with Gasteiger partial charge in [0.2, 0.25) is 10.0 Å². The van der Waals surface area contributed by atoms with Gasteiger partial charge in [-0.3, -0.25) is 14.6 Å². The SMILES string of the molecule is Cc1cc2nc(N(CCCN3CCOCC3)C(=O)c3ccc(S(=O)(=O)N(C)Cc4ccccc4)cc3)sc2cc1C. The number of sulfonamides is 1. The molecule has 2 heterocycles. The summed E-state index contributed by atoms with van der Waals surface area (Å²) in [7, 11) is -2.16. The minimum Gasteiger partial charge on any atom is -0.379 e. The van der Waals surface area contributed by atoms with Crippen LogP contribution in [-0.2, 0) is 21.3 Å². The third-order valence-electron chi connectivity index (χ3n) is 7.49. The summed E-state index contributed by atoms with van der Waals surface area (Å²) in [6.07, 6.45) is 0.788. The number of rotatable bonds is 10. The van der Waals surface area contributed by atoms with Gasteiger partial charge in [0.15, 0.2) is 5.13 Å². The summed E-state index contributed by atoms with van der Waals surface area (Å²) >= 11 is 1.51. The van der Waals surface area contributed by atoms with E-state index in [1.165, 1.54) is 33.3 Å². The van der Waals surface area contributed by atoms with Crippen molar-refractivity contribution in [3.63, 3.8) is 0 Å². The molecule has 1 aromatic heterocycles. The number of carbonyl (C=O) groups is 1. The Balaban J connectivity index is 1.37. The highest BCUT2D eigenvalue weighted by molar-refractivity contribution is 7.89. The van der Waals surface area contributed by atoms with Crippen LogP contribution in [0, 0.1) is 13.8 Å². The Kier molecular flexibility index (Phi) is 9.16. The first-order valence-electron chi connectivity index (χ1n) is 13.8. The molecule has 1 aliphatic heterocycles. The molecule has 0 bridgehead atoms. The molecular formula is C31H36N4O4S2. The minimum absolute atomic E-state index is 0.150. The maximum absolute atomic E-state index is 13.9. The lowest BCUT2D eigenvalue weighted by molar-refractivity contribution is 0.0376. The second-order valence-corrected chi connectivity index (χ2v) is 13.5. The van der Waals surface area contributed by atoms with E-state index in [0.29, 0.717) is 17.2 Å². The van der Waals surface area contributed by atoms with Gasteiger partial charge in [0.05, 0.1) is 28.3 Å². The van der Waals surface area contributed by atoms with Crippen molar-refractivity contribution in [2.45, 2.75) is 31.7 Å². The predicted octanol–water partition coefficient (Wildman–Crippen LogP) is 5.10. The Morgan fingerprint density at radius 2 is 1.68 bits per heavy atom. The topological polar surface area (TPSA) is 83.0 Å². The smallest absolute Gasteiger partial charge is 0.260 e. The summed E-state index contributed by atoms with van der Waals surface area (Å²) in [5.74, 6) is -0.193. The van der Waals surface area contributed by atoms with Crippen LogP contribution in [0.15, 0.2) is 71.6 Å². The van der Waals surface area contributed by atoms with Gasteiger partial charge in [0, 0.05) is 45.3 Å². The number of anilines is 1. The highest BCUT2D eigenvalue weighted by Crippen LogP contribution is 2.32. The van der Waals surface area contributed by atoms with Crippen molar-refractivity contribution < 1.29 is 17.9 Å². The van der Waals surface area contributed by atoms with Gasteiger partial charge in [-0.25, -0.2) is 13.4 Å². The van der Waals surface area contributed by atoms with Crippen LogP contribution in [0.3, 0.4) is 0 Å². The van der Waals surface area contributed by atoms with E-state index in [0.717, 1.165) is 60.6 Å². The first kappa shape index (κ1) is 29.3. The highest BCUT2D eigenvalue weighted by atomic mass is 32.2. The molecule has 3 aromatic carbocycles. The number of nitrogens with zero attached hydrogens (tertiary/aromatic N) is 4. The Labute approximate surface area is 246 Å². The molecule has 0 spiro atoms. The number of benzene rings is 3. The van der Waals surface area contributed by atoms with Gasteiger partial charge in [0.25, 0.3) is 5.91 Å². The average Bonchev–Trinajstić information content (AvgIpc) is 3.38. The van der Waals surface area contributed by atoms with E-state index in [1.807, 2.05) is 30.3 Å². The maximum Gasteiger partial charge on any atom is 0.260 e. The van der Waals surface area contributed by atoms with Crippen molar-refractivity contribution in [1.29, 1.82) is 0 Å². The number of morpholine rings is 1. The van der Waals surface area contributed by atoms with Crippen LogP contribution in [0.5, 0.6) is 0 Å². The van der Waals surface area contributed by atoms with Crippen LogP contribution >= 0.6 is 11.3 Å². The number of aryl methyl sites for hydroxylation is 2. The number of hydrogen-bond acceptors (Lipinski definition) is 7. The molecule has 216 valence electrons. The van der Waals surface area contributed by atoms with Crippen LogP contribution in [0.1, 0.15) is 33.5 Å². The normalized spacial score (nSPS) is 14.5. The van der Waals surface area contributed by atoms with E-state index in [-0.39, 0.29) is 17.3 Å². The summed E-state index contributed by atoms with van der Waals surface area (Å²) < 4.78 is 34.3. The molecule has 41 heavy (non-hydrogen) atoms. The highest BCUT2D eigenvalue weighted by Gasteiger charge is 2.25. The predicted molar refractivity (Wildman–Crippen MR) is 164 cm³/mol. The molecule has 0 unspecified atom stereocenters. The van der Waals surface area contributed by atoms with Crippen molar-refractivity contribution >= 4 is 42.6 Å². The molecule has 10 heteroatoms. The molecule has 0 N–H and O–H groups in total. The van der Waals surface area contributed by atoms with E-state index in [1.54, 1.807) is 24.1 Å². The van der Waals surface area contributed by atoms with Crippen molar-refractivity contribution in [3.05, 3.63) is 89.0 Å². The van der Waals surface area contributed by atoms with Crippen LogP contribution < -0.4 is 4.90 Å². The lowest BCUT2D eigenvalue weighted by Crippen LogP contribution is -2.39. The van der Waals surface area contributed by atoms with Gasteiger partial charge >= 0.3 is 0 Å². The molecule has 5 rings (SSSR count). The molecule has 0 aliphatic carbocycles. The van der Waals surface area contributed by atoms with Gasteiger partial charge < -0.3 is 4.74 Å². The number of amides is 1. The number of ether oxygens (including phenoxy) is 1. The third kappa shape index (κ3) is 6.85. The molecule has 1 amide bonds. The largest absolute Gasteiger partial charge is 0.379 e. The average molecular weight is 593 g/mol. The van der Waals surface area contributed by atoms with E-state index < -0.39 is 10.0 Å². The van der Waals surface area contributed by atoms with Gasteiger partial charge in [-0.05, 0) is 73.4 Å². The van der Waals surface area contributed by atoms with E-state index >= 15 is 0 Å². The minimum atomic E-state index is -3.72. The summed E-state index contributed by atoms with van der Waals surface area (Å²) in [5, 5.41) is 0.649. The number of carbonyl (C=O) groups excluding carboxylic acids is 1. The summed E-state index contributed by atoms with van der Waals surface area (Å²) in [4.78, 5) is 22.9. The fourth-order valence-corrected chi connectivity index (χ4v) is 7.10. The molecule has 4 aromatic rings. The zero-order valence-electron chi connectivity index (χ0n) is 23.7. The third-order valence-corrected chi connectivity index (χ3v) is 10.3. The lowest BCUT2D eigenvalue weighted by atomic mass is 10.1. The molecule has 1 saturated heterocycles. The van der Waals surface area contributed by atoms with Crippen LogP contribution in [-0.4, -0.2) is 75.0 Å². The Morgan fingerprint density at radius 1 is 1.00 bits per heavy atom. The molecule has 1 aliphatic rings. The lowest BCUT2D eigenvalue weighted by Gasteiger charge is -2.27. The maximum atomic E-state index is 13.9. The van der Waals surface area contributed by atoms with Crippen LogP contribution in [0.25, 0.3) is 10.2 Å². The molecule has 0 radical (unpaired) electrons. The molecule has 1 fully saturated rings. The van der Waals surface area contributed by atoms with Gasteiger partial charge in [-0.1, -0.05) is 41.7 Å². The Hall–Kier alpha value is -3.15. The second-order valence-electron chi connectivity index (χ2n) is 10.4. The Bertz CT molecular complexity index is 1560. The first-order valence-corrected chi connectivity index (χ1v) is 16.1. The van der Waals surface area contributed by atoms with Crippen molar-refractivity contribution in [1.82, 2.24) is 14.2 Å². The zero-order chi connectivity index (χ0) is 29.0. The van der Waals surface area contributed by atoms with E-state index in [2.05, 4.69) is 30.9 Å². The molecule has 0 atom stereocenters. The molecule has 0 saturated carbocycles. The van der Waals surface area contributed by atoms with E-state index in [9.17, 15) is 13.2 Å². The van der Waals surface area contributed by atoms with Gasteiger partial charge in [-0.15, -0.1) is 0 Å². The number of aromatic nitrogens is 1. The standard InChI is InChI=1S/C31H36N4O4S2/c1-23-20-28-29(21-24(23)2)40-31(32-28)35(15-7-14-34-16-18-39-19-17-34)30(36)26-10-12-27(13-11-26)41(37,38)33(3)22-25-8-5-4-6-9-25/h4-6,8-13,20-21H,7,14-19,22H2,1-3H3. The summed E-state index contributed by atoms with van der Waals surface area (Å²) in [6, 6.07) is 19.9. The number of thiazole rings is 1. The summed E-state index contributed by atoms with van der Waals surface area (Å²) in [6.45, 7) is 9.01. The monoisotopic (exact) mass is 592 g/mol. The van der Waals surface area contributed by atoms with Crippen molar-refractivity contribution in [3.8, 4) is 0 Å². The fraction of sp³-hybridized carbons (Fsp3) is 0.355. The molecular weight excluding hydrogens is 556 g/mol. The second kappa shape index (κ2) is 12.8. The van der Waals surface area contributed by atoms with E-state index in [4.69, 9.17) is 9.72 Å². The first-order chi connectivity index (χ1) is 19.7. The van der Waals surface area contributed by atoms with Crippen molar-refractivity contribution in [2.24, 2.45) is 0 Å². The van der Waals surface area contributed by atoms with Gasteiger partial charge in [0.1, 0.15) is 0 Å². The van der Waals surface area contributed by atoms with Crippen molar-refractivity contribution in [2.75, 3.05) is 51.3 Å². The summed E-state index contributed by atoms with van der Waals surface area (Å²) in [5.41, 5.74) is 4.55. The number of fused-ring (bicyclic) bond motifs is 1. The fourth-order valence-electron chi connectivity index (χ4n) is 4.88. The quantitative estimate of drug-likeness (QED) is 0.255. The number of hydrogen-bond donors (Lipinski definition) is 0. The van der Waals surface area contributed by atoms with Gasteiger partial charge in [-0.2, -0.15) is 4.31 Å². The Morgan fingerprint density at radius 3 is 2.39 bits per heavy atom. The zero-order valence-corrected chi connectivity index (χ0v) is 25.4. The van der Waals surface area contributed by atoms with Crippen LogP contribution in [0.2, 0.25) is 0 Å². The molecule has 8 nitrogen and oxygen atoms in total. The van der Waals surface area contributed by atoms with Crippen LogP contribution in [0.4, 0.5) is 5.13 Å².